The molecule has 0 spiro atoms. The number of carbonyl (C=O) groups is 4. The molecule has 0 aliphatic carbocycles. The number of imide groups is 2. The van der Waals surface area contributed by atoms with Crippen molar-refractivity contribution in [2.75, 3.05) is 60.6 Å². The van der Waals surface area contributed by atoms with Crippen LogP contribution in [-0.4, -0.2) is 108 Å². The van der Waals surface area contributed by atoms with Crippen LogP contribution in [0.2, 0.25) is 0 Å². The quantitative estimate of drug-likeness (QED) is 0.346. The Morgan fingerprint density at radius 1 is 0.794 bits per heavy atom. The maximum absolute atomic E-state index is 12.4. The number of hydrogen-bond acceptors (Lipinski definition) is 5. The van der Waals surface area contributed by atoms with Gasteiger partial charge in [0.2, 0.25) is 11.8 Å². The van der Waals surface area contributed by atoms with Crippen molar-refractivity contribution in [1.82, 2.24) is 9.80 Å². The molecule has 34 heavy (non-hydrogen) atoms. The molecular formula is C25H36N4O4S+2. The minimum Gasteiger partial charge on any atom is -0.323 e. The van der Waals surface area contributed by atoms with Gasteiger partial charge < -0.3 is 8.97 Å². The van der Waals surface area contributed by atoms with Gasteiger partial charge in [0.25, 0.3) is 11.8 Å². The fourth-order valence-corrected chi connectivity index (χ4v) is 5.00. The van der Waals surface area contributed by atoms with Crippen LogP contribution in [0.5, 0.6) is 0 Å². The first-order valence-corrected chi connectivity index (χ1v) is 12.8. The molecule has 0 saturated carbocycles. The number of quaternary nitrogens is 2. The van der Waals surface area contributed by atoms with E-state index in [1.807, 2.05) is 6.26 Å². The summed E-state index contributed by atoms with van der Waals surface area (Å²) in [6.07, 6.45) is 4.83. The first-order chi connectivity index (χ1) is 15.9. The van der Waals surface area contributed by atoms with Gasteiger partial charge in [-0.2, -0.15) is 11.8 Å². The molecule has 1 fully saturated rings. The Labute approximate surface area is 206 Å². The summed E-state index contributed by atoms with van der Waals surface area (Å²) >= 11 is 1.45. The maximum atomic E-state index is 12.4. The van der Waals surface area contributed by atoms with E-state index in [4.69, 9.17) is 0 Å². The predicted molar refractivity (Wildman–Crippen MR) is 132 cm³/mol. The number of hydrogen-bond donors (Lipinski definition) is 0. The van der Waals surface area contributed by atoms with Crippen molar-refractivity contribution in [3.05, 3.63) is 47.5 Å². The van der Waals surface area contributed by atoms with E-state index in [9.17, 15) is 19.2 Å². The highest BCUT2D eigenvalue weighted by Crippen LogP contribution is 2.23. The lowest BCUT2D eigenvalue weighted by Crippen LogP contribution is -2.46. The molecule has 1 aromatic rings. The van der Waals surface area contributed by atoms with Crippen LogP contribution in [0.4, 0.5) is 0 Å². The Hall–Kier alpha value is -2.49. The molecule has 3 rings (SSSR count). The van der Waals surface area contributed by atoms with E-state index in [2.05, 4.69) is 52.5 Å². The van der Waals surface area contributed by atoms with Crippen molar-refractivity contribution < 1.29 is 28.1 Å². The lowest BCUT2D eigenvalue weighted by molar-refractivity contribution is -0.903. The lowest BCUT2D eigenvalue weighted by Gasteiger charge is -2.32. The first-order valence-electron chi connectivity index (χ1n) is 11.5. The van der Waals surface area contributed by atoms with Crippen LogP contribution in [0, 0.1) is 0 Å². The molecule has 0 radical (unpaired) electrons. The molecule has 1 aromatic carbocycles. The van der Waals surface area contributed by atoms with Crippen molar-refractivity contribution in [3.8, 4) is 0 Å². The fourth-order valence-electron chi connectivity index (χ4n) is 4.36. The molecule has 2 aliphatic heterocycles. The van der Waals surface area contributed by atoms with Crippen LogP contribution in [0.25, 0.3) is 0 Å². The van der Waals surface area contributed by atoms with Crippen LogP contribution in [0.1, 0.15) is 17.5 Å². The van der Waals surface area contributed by atoms with Gasteiger partial charge in [-0.25, -0.2) is 0 Å². The topological polar surface area (TPSA) is 74.8 Å². The van der Waals surface area contributed by atoms with Gasteiger partial charge in [-0.15, -0.1) is 0 Å². The largest absolute Gasteiger partial charge is 0.323 e. The highest BCUT2D eigenvalue weighted by Gasteiger charge is 2.38. The van der Waals surface area contributed by atoms with E-state index >= 15 is 0 Å². The summed E-state index contributed by atoms with van der Waals surface area (Å²) in [6, 6.07) is 8.50. The zero-order chi connectivity index (χ0) is 25.1. The SMILES string of the molecule is CSC1CC(=O)N(CC[N+](C)(C)Cc2ccc(C[N+](C)(C)CCN3C(=O)C=CC3=O)cc2)C1=O. The molecular weight excluding hydrogens is 452 g/mol. The summed E-state index contributed by atoms with van der Waals surface area (Å²) in [4.78, 5) is 50.8. The smallest absolute Gasteiger partial charge is 0.253 e. The van der Waals surface area contributed by atoms with Crippen LogP contribution < -0.4 is 0 Å². The second kappa shape index (κ2) is 10.4. The van der Waals surface area contributed by atoms with Gasteiger partial charge in [0.1, 0.15) is 13.1 Å². The second-order valence-electron chi connectivity index (χ2n) is 10.4. The number of likely N-dealkylation sites (tertiary alicyclic amines) is 1. The third-order valence-electron chi connectivity index (χ3n) is 6.49. The van der Waals surface area contributed by atoms with Gasteiger partial charge >= 0.3 is 0 Å². The third kappa shape index (κ3) is 6.55. The average molecular weight is 489 g/mol. The summed E-state index contributed by atoms with van der Waals surface area (Å²) < 4.78 is 1.33. The van der Waals surface area contributed by atoms with Crippen molar-refractivity contribution in [1.29, 1.82) is 0 Å². The maximum Gasteiger partial charge on any atom is 0.253 e. The van der Waals surface area contributed by atoms with Gasteiger partial charge in [0.15, 0.2) is 0 Å². The number of rotatable bonds is 11. The summed E-state index contributed by atoms with van der Waals surface area (Å²) in [5.74, 6) is -0.600. The summed E-state index contributed by atoms with van der Waals surface area (Å²) in [5, 5.41) is -0.230. The van der Waals surface area contributed by atoms with Crippen LogP contribution in [0.15, 0.2) is 36.4 Å². The Morgan fingerprint density at radius 3 is 1.65 bits per heavy atom. The highest BCUT2D eigenvalue weighted by atomic mass is 32.2. The Kier molecular flexibility index (Phi) is 8.00. The summed E-state index contributed by atoms with van der Waals surface area (Å²) in [7, 11) is 8.41. The van der Waals surface area contributed by atoms with E-state index in [0.717, 1.165) is 13.1 Å². The molecule has 184 valence electrons. The third-order valence-corrected chi connectivity index (χ3v) is 7.43. The minimum absolute atomic E-state index is 0.0580. The molecule has 0 aromatic heterocycles. The Bertz CT molecular complexity index is 969. The Balaban J connectivity index is 1.50. The minimum atomic E-state index is -0.238. The van der Waals surface area contributed by atoms with E-state index < -0.39 is 0 Å². The van der Waals surface area contributed by atoms with Crippen LogP contribution in [-0.2, 0) is 32.3 Å². The van der Waals surface area contributed by atoms with Crippen molar-refractivity contribution in [2.45, 2.75) is 24.8 Å². The number of amides is 4. The highest BCUT2D eigenvalue weighted by molar-refractivity contribution is 8.00. The van der Waals surface area contributed by atoms with Crippen LogP contribution in [0.3, 0.4) is 0 Å². The van der Waals surface area contributed by atoms with E-state index in [1.165, 1.54) is 44.8 Å². The summed E-state index contributed by atoms with van der Waals surface area (Å²) in [5.41, 5.74) is 2.38. The lowest BCUT2D eigenvalue weighted by atomic mass is 10.1. The molecule has 1 unspecified atom stereocenters. The fraction of sp³-hybridized carbons (Fsp3) is 0.520. The van der Waals surface area contributed by atoms with Gasteiger partial charge in [0.05, 0.1) is 59.6 Å². The van der Waals surface area contributed by atoms with Gasteiger partial charge in [-0.1, -0.05) is 24.3 Å². The van der Waals surface area contributed by atoms with Gasteiger partial charge in [0, 0.05) is 29.7 Å². The van der Waals surface area contributed by atoms with Crippen LogP contribution >= 0.6 is 11.8 Å². The first kappa shape index (κ1) is 26.1. The average Bonchev–Trinajstić information content (AvgIpc) is 3.23. The number of nitrogens with zero attached hydrogens (tertiary/aromatic N) is 4. The molecule has 1 saturated heterocycles. The predicted octanol–water partition coefficient (Wildman–Crippen LogP) is 1.25. The van der Waals surface area contributed by atoms with Crippen molar-refractivity contribution in [3.63, 3.8) is 0 Å². The molecule has 9 heteroatoms. The molecule has 4 amide bonds. The van der Waals surface area contributed by atoms with E-state index in [-0.39, 0.29) is 28.9 Å². The zero-order valence-electron chi connectivity index (χ0n) is 20.8. The molecule has 2 aliphatic rings. The molecule has 0 bridgehead atoms. The number of likely N-dealkylation sites (N-methyl/N-ethyl adjacent to an activating group) is 2. The molecule has 2 heterocycles. The van der Waals surface area contributed by atoms with Crippen molar-refractivity contribution >= 4 is 35.4 Å². The molecule has 8 nitrogen and oxygen atoms in total. The standard InChI is InChI=1S/C25H36N4O4S/c1-28(2,14-12-26-22(30)10-11-23(26)31)17-19-6-8-20(9-7-19)18-29(3,4)15-13-27-24(32)16-21(34-5)25(27)33/h6-11,21H,12-18H2,1-5H3/q+2. The van der Waals surface area contributed by atoms with Gasteiger partial charge in [-0.05, 0) is 6.26 Å². The van der Waals surface area contributed by atoms with Gasteiger partial charge in [-0.3, -0.25) is 29.0 Å². The number of carbonyl (C=O) groups excluding carboxylic acids is 4. The van der Waals surface area contributed by atoms with Crippen molar-refractivity contribution in [2.24, 2.45) is 0 Å². The second-order valence-corrected chi connectivity index (χ2v) is 11.5. The summed E-state index contributed by atoms with van der Waals surface area (Å²) in [6.45, 7) is 3.82. The zero-order valence-corrected chi connectivity index (χ0v) is 21.6. The molecule has 0 N–H and O–H groups in total. The van der Waals surface area contributed by atoms with E-state index in [0.29, 0.717) is 41.6 Å². The molecule has 1 atom stereocenters. The Morgan fingerprint density at radius 2 is 1.24 bits per heavy atom. The monoisotopic (exact) mass is 488 g/mol. The number of benzene rings is 1. The number of thioether (sulfide) groups is 1. The van der Waals surface area contributed by atoms with E-state index in [1.54, 1.807) is 0 Å². The normalized spacial score (nSPS) is 19.1.